The number of nitrogens with zero attached hydrogens (tertiary/aromatic N) is 1. The lowest BCUT2D eigenvalue weighted by molar-refractivity contribution is 1.19. The van der Waals surface area contributed by atoms with Crippen molar-refractivity contribution in [2.75, 3.05) is 0 Å². The third-order valence-corrected chi connectivity index (χ3v) is 9.36. The highest BCUT2D eigenvalue weighted by Crippen LogP contribution is 2.38. The van der Waals surface area contributed by atoms with Gasteiger partial charge in [-0.1, -0.05) is 140 Å². The molecule has 9 rings (SSSR count). The monoisotopic (exact) mass is 597 g/mol. The van der Waals surface area contributed by atoms with Crippen molar-refractivity contribution in [1.29, 1.82) is 0 Å². The number of fused-ring (bicyclic) bond motifs is 4. The molecule has 0 aliphatic heterocycles. The first-order valence-corrected chi connectivity index (χ1v) is 16.2. The van der Waals surface area contributed by atoms with Crippen LogP contribution in [0.3, 0.4) is 0 Å². The van der Waals surface area contributed by atoms with E-state index in [0.29, 0.717) is 0 Å². The van der Waals surface area contributed by atoms with Gasteiger partial charge < -0.3 is 4.57 Å². The van der Waals surface area contributed by atoms with Gasteiger partial charge in [-0.3, -0.25) is 0 Å². The van der Waals surface area contributed by atoms with Crippen molar-refractivity contribution in [1.82, 2.24) is 4.57 Å². The summed E-state index contributed by atoms with van der Waals surface area (Å²) >= 11 is 0. The maximum atomic E-state index is 2.42. The molecule has 0 amide bonds. The normalized spacial score (nSPS) is 11.4. The van der Waals surface area contributed by atoms with Crippen LogP contribution in [-0.4, -0.2) is 4.57 Å². The van der Waals surface area contributed by atoms with Crippen molar-refractivity contribution >= 4 is 32.6 Å². The number of benzene rings is 8. The Morgan fingerprint density at radius 3 is 1.21 bits per heavy atom. The van der Waals surface area contributed by atoms with Gasteiger partial charge in [0.15, 0.2) is 0 Å². The molecule has 0 fully saturated rings. The van der Waals surface area contributed by atoms with E-state index in [0.717, 1.165) is 0 Å². The molecular formula is C46H31N. The first-order valence-electron chi connectivity index (χ1n) is 16.2. The van der Waals surface area contributed by atoms with Crippen molar-refractivity contribution < 1.29 is 0 Å². The summed E-state index contributed by atoms with van der Waals surface area (Å²) < 4.78 is 2.42. The molecule has 0 saturated carbocycles. The Hall–Kier alpha value is -6.18. The van der Waals surface area contributed by atoms with Gasteiger partial charge in [0.05, 0.1) is 11.0 Å². The standard InChI is InChI=1S/C46H31N/c1-3-11-32(12-4-1)35-17-9-19-37(27-35)40-22-25-45-43(30-40)44-31-41(38-20-10-18-36(28-38)33-13-5-2-6-14-33)23-26-46(44)47(45)42-24-21-34-15-7-8-16-39(34)29-42/h1-31H. The molecule has 47 heavy (non-hydrogen) atoms. The molecule has 8 aromatic carbocycles. The minimum absolute atomic E-state index is 1.17. The average Bonchev–Trinajstić information content (AvgIpc) is 3.48. The van der Waals surface area contributed by atoms with Gasteiger partial charge >= 0.3 is 0 Å². The Kier molecular flexibility index (Phi) is 6.54. The fourth-order valence-electron chi connectivity index (χ4n) is 6.99. The average molecular weight is 598 g/mol. The lowest BCUT2D eigenvalue weighted by Crippen LogP contribution is -1.94. The fourth-order valence-corrected chi connectivity index (χ4v) is 6.99. The molecule has 9 aromatic rings. The molecular weight excluding hydrogens is 567 g/mol. The predicted octanol–water partition coefficient (Wildman–Crippen LogP) is 12.6. The maximum Gasteiger partial charge on any atom is 0.0541 e. The summed E-state index contributed by atoms with van der Waals surface area (Å²) in [5.74, 6) is 0. The van der Waals surface area contributed by atoms with Gasteiger partial charge in [0.25, 0.3) is 0 Å². The molecule has 1 nitrogen and oxygen atoms in total. The summed E-state index contributed by atoms with van der Waals surface area (Å²) in [6, 6.07) is 68.3. The number of hydrogen-bond acceptors (Lipinski definition) is 0. The first kappa shape index (κ1) is 27.2. The number of hydrogen-bond donors (Lipinski definition) is 0. The van der Waals surface area contributed by atoms with Crippen LogP contribution in [-0.2, 0) is 0 Å². The molecule has 1 aromatic heterocycles. The molecule has 0 spiro atoms. The summed E-state index contributed by atoms with van der Waals surface area (Å²) in [6.45, 7) is 0. The van der Waals surface area contributed by atoms with Crippen LogP contribution in [0.5, 0.6) is 0 Å². The third kappa shape index (κ3) is 4.90. The smallest absolute Gasteiger partial charge is 0.0541 e. The first-order chi connectivity index (χ1) is 23.3. The van der Waals surface area contributed by atoms with E-state index < -0.39 is 0 Å². The van der Waals surface area contributed by atoms with Crippen LogP contribution < -0.4 is 0 Å². The zero-order valence-electron chi connectivity index (χ0n) is 25.8. The largest absolute Gasteiger partial charge is 0.309 e. The van der Waals surface area contributed by atoms with Crippen LogP contribution >= 0.6 is 0 Å². The summed E-state index contributed by atoms with van der Waals surface area (Å²) in [5.41, 5.74) is 13.3. The van der Waals surface area contributed by atoms with Gasteiger partial charge in [-0.15, -0.1) is 0 Å². The third-order valence-electron chi connectivity index (χ3n) is 9.36. The second-order valence-electron chi connectivity index (χ2n) is 12.2. The molecule has 0 atom stereocenters. The molecule has 1 heterocycles. The van der Waals surface area contributed by atoms with E-state index in [1.165, 1.54) is 82.8 Å². The van der Waals surface area contributed by atoms with Crippen LogP contribution in [0.4, 0.5) is 0 Å². The summed E-state index contributed by atoms with van der Waals surface area (Å²) in [5, 5.41) is 4.98. The van der Waals surface area contributed by atoms with Gasteiger partial charge in [0, 0.05) is 16.5 Å². The highest BCUT2D eigenvalue weighted by atomic mass is 15.0. The maximum absolute atomic E-state index is 2.42. The van der Waals surface area contributed by atoms with Gasteiger partial charge in [-0.2, -0.15) is 0 Å². The van der Waals surface area contributed by atoms with Crippen LogP contribution in [0.1, 0.15) is 0 Å². The van der Waals surface area contributed by atoms with E-state index >= 15 is 0 Å². The van der Waals surface area contributed by atoms with Gasteiger partial charge in [-0.25, -0.2) is 0 Å². The molecule has 220 valence electrons. The van der Waals surface area contributed by atoms with Crippen LogP contribution in [0.15, 0.2) is 188 Å². The van der Waals surface area contributed by atoms with Crippen molar-refractivity contribution in [3.63, 3.8) is 0 Å². The molecule has 0 aliphatic rings. The highest BCUT2D eigenvalue weighted by Gasteiger charge is 2.16. The van der Waals surface area contributed by atoms with Crippen LogP contribution in [0.25, 0.3) is 82.8 Å². The van der Waals surface area contributed by atoms with E-state index in [2.05, 4.69) is 193 Å². The van der Waals surface area contributed by atoms with Crippen molar-refractivity contribution in [2.24, 2.45) is 0 Å². The van der Waals surface area contributed by atoms with Crippen molar-refractivity contribution in [3.05, 3.63) is 188 Å². The lowest BCUT2D eigenvalue weighted by atomic mass is 9.96. The zero-order valence-corrected chi connectivity index (χ0v) is 25.8. The van der Waals surface area contributed by atoms with E-state index in [4.69, 9.17) is 0 Å². The topological polar surface area (TPSA) is 4.93 Å². The molecule has 0 aliphatic carbocycles. The van der Waals surface area contributed by atoms with Crippen LogP contribution in [0, 0.1) is 0 Å². The molecule has 0 unspecified atom stereocenters. The van der Waals surface area contributed by atoms with E-state index in [1.807, 2.05) is 0 Å². The summed E-state index contributed by atoms with van der Waals surface area (Å²) in [4.78, 5) is 0. The SMILES string of the molecule is c1ccc(-c2cccc(-c3ccc4c(c3)c3cc(-c5cccc(-c6ccccc6)c5)ccc3n4-c3ccc4ccccc4c3)c2)cc1. The minimum atomic E-state index is 1.17. The second kappa shape index (κ2) is 11.3. The molecule has 0 bridgehead atoms. The minimum Gasteiger partial charge on any atom is -0.309 e. The summed E-state index contributed by atoms with van der Waals surface area (Å²) in [7, 11) is 0. The predicted molar refractivity (Wildman–Crippen MR) is 200 cm³/mol. The lowest BCUT2D eigenvalue weighted by Gasteiger charge is -2.11. The van der Waals surface area contributed by atoms with E-state index in [-0.39, 0.29) is 0 Å². The fraction of sp³-hybridized carbons (Fsp3) is 0. The quantitative estimate of drug-likeness (QED) is 0.186. The molecule has 0 saturated heterocycles. The van der Waals surface area contributed by atoms with E-state index in [9.17, 15) is 0 Å². The number of aromatic nitrogens is 1. The Labute approximate surface area is 274 Å². The Balaban J connectivity index is 1.25. The number of rotatable bonds is 5. The Bertz CT molecular complexity index is 2420. The van der Waals surface area contributed by atoms with Gasteiger partial charge in [0.2, 0.25) is 0 Å². The van der Waals surface area contributed by atoms with Crippen molar-refractivity contribution in [3.8, 4) is 50.2 Å². The molecule has 1 heteroatoms. The highest BCUT2D eigenvalue weighted by molar-refractivity contribution is 6.12. The van der Waals surface area contributed by atoms with E-state index in [1.54, 1.807) is 0 Å². The van der Waals surface area contributed by atoms with Crippen LogP contribution in [0.2, 0.25) is 0 Å². The Morgan fingerprint density at radius 1 is 0.255 bits per heavy atom. The van der Waals surface area contributed by atoms with Crippen molar-refractivity contribution in [2.45, 2.75) is 0 Å². The molecule has 0 N–H and O–H groups in total. The van der Waals surface area contributed by atoms with Gasteiger partial charge in [-0.05, 0) is 104 Å². The zero-order chi connectivity index (χ0) is 31.2. The summed E-state index contributed by atoms with van der Waals surface area (Å²) in [6.07, 6.45) is 0. The Morgan fingerprint density at radius 2 is 0.681 bits per heavy atom. The molecule has 0 radical (unpaired) electrons. The second-order valence-corrected chi connectivity index (χ2v) is 12.2. The van der Waals surface area contributed by atoms with Gasteiger partial charge in [0.1, 0.15) is 0 Å².